The zero-order valence-corrected chi connectivity index (χ0v) is 16.2. The smallest absolute Gasteiger partial charge is 0.0568 e. The fourth-order valence-electron chi connectivity index (χ4n) is 4.47. The standard InChI is InChI=1S/C24H19Cl2N/c25-17-10-11-20(22(26)14-17)24-19-8-4-7-18(19)21-13-16(9-12-23(21)27-24)15-5-2-1-3-6-15/h1-7,9-14,18-19,24,27H,8H2/t18-,19-,24+/m0/s1. The number of fused-ring (bicyclic) bond motifs is 3. The van der Waals surface area contributed by atoms with Crippen LogP contribution < -0.4 is 5.32 Å². The predicted molar refractivity (Wildman–Crippen MR) is 115 cm³/mol. The molecule has 3 heteroatoms. The van der Waals surface area contributed by atoms with E-state index in [9.17, 15) is 0 Å². The summed E-state index contributed by atoms with van der Waals surface area (Å²) < 4.78 is 0. The molecule has 27 heavy (non-hydrogen) atoms. The summed E-state index contributed by atoms with van der Waals surface area (Å²) in [7, 11) is 0. The second-order valence-corrected chi connectivity index (χ2v) is 8.15. The maximum absolute atomic E-state index is 6.54. The van der Waals surface area contributed by atoms with Crippen molar-refractivity contribution >= 4 is 28.9 Å². The molecule has 3 aromatic carbocycles. The molecule has 5 rings (SSSR count). The van der Waals surface area contributed by atoms with Crippen molar-refractivity contribution in [3.8, 4) is 11.1 Å². The molecule has 0 amide bonds. The molecular weight excluding hydrogens is 373 g/mol. The van der Waals surface area contributed by atoms with Crippen LogP contribution in [-0.4, -0.2) is 0 Å². The normalized spacial score (nSPS) is 22.8. The van der Waals surface area contributed by atoms with E-state index in [0.29, 0.717) is 16.9 Å². The molecule has 1 N–H and O–H groups in total. The van der Waals surface area contributed by atoms with Gasteiger partial charge in [-0.05, 0) is 58.9 Å². The molecule has 0 saturated heterocycles. The molecule has 0 unspecified atom stereocenters. The lowest BCUT2D eigenvalue weighted by Crippen LogP contribution is -2.29. The summed E-state index contributed by atoms with van der Waals surface area (Å²) in [5.74, 6) is 0.865. The van der Waals surface area contributed by atoms with Gasteiger partial charge in [-0.15, -0.1) is 0 Å². The Hall–Kier alpha value is -2.22. The van der Waals surface area contributed by atoms with Crippen molar-refractivity contribution in [1.29, 1.82) is 0 Å². The predicted octanol–water partition coefficient (Wildman–Crippen LogP) is 7.49. The van der Waals surface area contributed by atoms with Crippen molar-refractivity contribution in [3.05, 3.63) is 100 Å². The van der Waals surface area contributed by atoms with E-state index in [2.05, 4.69) is 72.1 Å². The van der Waals surface area contributed by atoms with Crippen LogP contribution >= 0.6 is 23.2 Å². The van der Waals surface area contributed by atoms with Crippen molar-refractivity contribution in [3.63, 3.8) is 0 Å². The van der Waals surface area contributed by atoms with Crippen LogP contribution in [0.2, 0.25) is 10.0 Å². The molecule has 0 bridgehead atoms. The Balaban J connectivity index is 1.58. The van der Waals surface area contributed by atoms with Gasteiger partial charge in [0.15, 0.2) is 0 Å². The summed E-state index contributed by atoms with van der Waals surface area (Å²) in [5, 5.41) is 5.16. The third-order valence-electron chi connectivity index (χ3n) is 5.77. The van der Waals surface area contributed by atoms with Crippen molar-refractivity contribution in [1.82, 2.24) is 0 Å². The summed E-state index contributed by atoms with van der Waals surface area (Å²) in [5.41, 5.74) is 6.20. The van der Waals surface area contributed by atoms with Gasteiger partial charge in [-0.3, -0.25) is 0 Å². The Morgan fingerprint density at radius 3 is 2.48 bits per heavy atom. The van der Waals surface area contributed by atoms with E-state index in [1.165, 1.54) is 22.4 Å². The lowest BCUT2D eigenvalue weighted by Gasteiger charge is -2.38. The zero-order chi connectivity index (χ0) is 18.4. The lowest BCUT2D eigenvalue weighted by atomic mass is 9.76. The van der Waals surface area contributed by atoms with Gasteiger partial charge >= 0.3 is 0 Å². The number of hydrogen-bond acceptors (Lipinski definition) is 1. The van der Waals surface area contributed by atoms with Crippen LogP contribution in [-0.2, 0) is 0 Å². The Bertz CT molecular complexity index is 1030. The Labute approximate surface area is 169 Å². The molecule has 134 valence electrons. The van der Waals surface area contributed by atoms with E-state index >= 15 is 0 Å². The van der Waals surface area contributed by atoms with E-state index in [4.69, 9.17) is 23.2 Å². The minimum atomic E-state index is 0.185. The number of nitrogens with one attached hydrogen (secondary N) is 1. The average molecular weight is 392 g/mol. The number of benzene rings is 3. The van der Waals surface area contributed by atoms with Gasteiger partial charge in [0.1, 0.15) is 0 Å². The van der Waals surface area contributed by atoms with Crippen LogP contribution in [0.25, 0.3) is 11.1 Å². The Morgan fingerprint density at radius 2 is 1.67 bits per heavy atom. The molecule has 0 fully saturated rings. The van der Waals surface area contributed by atoms with Gasteiger partial charge in [0, 0.05) is 21.7 Å². The van der Waals surface area contributed by atoms with Crippen LogP contribution in [0.5, 0.6) is 0 Å². The number of hydrogen-bond donors (Lipinski definition) is 1. The first-order valence-corrected chi connectivity index (χ1v) is 10.0. The summed E-state index contributed by atoms with van der Waals surface area (Å²) in [6.45, 7) is 0. The van der Waals surface area contributed by atoms with Crippen molar-refractivity contribution in [2.45, 2.75) is 18.4 Å². The largest absolute Gasteiger partial charge is 0.378 e. The Morgan fingerprint density at radius 1 is 0.815 bits per heavy atom. The molecule has 0 radical (unpaired) electrons. The highest BCUT2D eigenvalue weighted by molar-refractivity contribution is 6.35. The monoisotopic (exact) mass is 391 g/mol. The molecule has 0 aromatic heterocycles. The SMILES string of the molecule is Clc1ccc([C@@H]2Nc3ccc(-c4ccccc4)cc3[C@H]3C=CC[C@@H]32)c(Cl)c1. The molecule has 1 nitrogen and oxygen atoms in total. The van der Waals surface area contributed by atoms with Crippen LogP contribution in [0.3, 0.4) is 0 Å². The zero-order valence-electron chi connectivity index (χ0n) is 14.7. The highest BCUT2D eigenvalue weighted by Gasteiger charge is 2.38. The molecular formula is C24H19Cl2N. The molecule has 0 saturated carbocycles. The molecule has 2 aliphatic rings. The molecule has 1 heterocycles. The minimum absolute atomic E-state index is 0.185. The van der Waals surface area contributed by atoms with E-state index in [1.54, 1.807) is 0 Å². The van der Waals surface area contributed by atoms with Crippen molar-refractivity contribution < 1.29 is 0 Å². The van der Waals surface area contributed by atoms with Crippen LogP contribution in [0.4, 0.5) is 5.69 Å². The third-order valence-corrected chi connectivity index (χ3v) is 6.33. The first kappa shape index (κ1) is 16.9. The van der Waals surface area contributed by atoms with E-state index < -0.39 is 0 Å². The van der Waals surface area contributed by atoms with E-state index in [1.807, 2.05) is 12.1 Å². The number of anilines is 1. The summed E-state index contributed by atoms with van der Waals surface area (Å²) >= 11 is 12.6. The topological polar surface area (TPSA) is 12.0 Å². The first-order valence-electron chi connectivity index (χ1n) is 9.28. The summed E-state index contributed by atoms with van der Waals surface area (Å²) in [6.07, 6.45) is 5.71. The number of allylic oxidation sites excluding steroid dienone is 2. The molecule has 3 atom stereocenters. The Kier molecular flexibility index (Phi) is 4.22. The van der Waals surface area contributed by atoms with Gasteiger partial charge in [0.25, 0.3) is 0 Å². The van der Waals surface area contributed by atoms with Crippen molar-refractivity contribution in [2.75, 3.05) is 5.32 Å². The average Bonchev–Trinajstić information content (AvgIpc) is 3.18. The fraction of sp³-hybridized carbons (Fsp3) is 0.167. The third kappa shape index (κ3) is 2.96. The van der Waals surface area contributed by atoms with E-state index in [-0.39, 0.29) is 6.04 Å². The van der Waals surface area contributed by atoms with Crippen LogP contribution in [0.15, 0.2) is 78.9 Å². The molecule has 3 aromatic rings. The quantitative estimate of drug-likeness (QED) is 0.446. The number of rotatable bonds is 2. The first-order chi connectivity index (χ1) is 13.2. The maximum atomic E-state index is 6.54. The van der Waals surface area contributed by atoms with Crippen LogP contribution in [0, 0.1) is 5.92 Å². The summed E-state index contributed by atoms with van der Waals surface area (Å²) in [4.78, 5) is 0. The lowest BCUT2D eigenvalue weighted by molar-refractivity contribution is 0.426. The minimum Gasteiger partial charge on any atom is -0.378 e. The molecule has 1 aliphatic carbocycles. The summed E-state index contributed by atoms with van der Waals surface area (Å²) in [6, 6.07) is 23.3. The van der Waals surface area contributed by atoms with Crippen molar-refractivity contribution in [2.24, 2.45) is 5.92 Å². The van der Waals surface area contributed by atoms with Gasteiger partial charge in [-0.2, -0.15) is 0 Å². The van der Waals surface area contributed by atoms with Gasteiger partial charge in [-0.25, -0.2) is 0 Å². The van der Waals surface area contributed by atoms with Gasteiger partial charge in [0.05, 0.1) is 6.04 Å². The number of halogens is 2. The maximum Gasteiger partial charge on any atom is 0.0568 e. The second-order valence-electron chi connectivity index (χ2n) is 7.31. The molecule has 1 aliphatic heterocycles. The van der Waals surface area contributed by atoms with Gasteiger partial charge in [0.2, 0.25) is 0 Å². The fourth-order valence-corrected chi connectivity index (χ4v) is 4.99. The van der Waals surface area contributed by atoms with Gasteiger partial charge in [-0.1, -0.05) is 77.8 Å². The highest BCUT2D eigenvalue weighted by Crippen LogP contribution is 2.51. The second kappa shape index (κ2) is 6.74. The van der Waals surface area contributed by atoms with Gasteiger partial charge < -0.3 is 5.32 Å². The molecule has 0 spiro atoms. The van der Waals surface area contributed by atoms with Crippen LogP contribution in [0.1, 0.15) is 29.5 Å². The van der Waals surface area contributed by atoms with E-state index in [0.717, 1.165) is 17.0 Å². The highest BCUT2D eigenvalue weighted by atomic mass is 35.5.